The monoisotopic (exact) mass is 379 g/mol. The van der Waals surface area contributed by atoms with Gasteiger partial charge in [0.05, 0.1) is 30.3 Å². The van der Waals surface area contributed by atoms with Crippen LogP contribution in [0.15, 0.2) is 65.5 Å². The number of rotatable bonds is 6. The minimum Gasteiger partial charge on any atom is -0.464 e. The van der Waals surface area contributed by atoms with Crippen molar-refractivity contribution in [1.82, 2.24) is 24.9 Å². The third-order valence-electron chi connectivity index (χ3n) is 4.32. The second-order valence-electron chi connectivity index (χ2n) is 6.27. The quantitative estimate of drug-likeness (QED) is 0.558. The van der Waals surface area contributed by atoms with Crippen molar-refractivity contribution < 1.29 is 13.6 Å². The van der Waals surface area contributed by atoms with E-state index in [0.29, 0.717) is 24.5 Å². The van der Waals surface area contributed by atoms with Gasteiger partial charge in [0, 0.05) is 25.4 Å². The highest BCUT2D eigenvalue weighted by Gasteiger charge is 2.14. The largest absolute Gasteiger partial charge is 0.464 e. The fourth-order valence-electron chi connectivity index (χ4n) is 2.87. The molecule has 0 atom stereocenters. The van der Waals surface area contributed by atoms with Crippen molar-refractivity contribution in [2.75, 3.05) is 6.54 Å². The Balaban J connectivity index is 1.37. The summed E-state index contributed by atoms with van der Waals surface area (Å²) in [6, 6.07) is 11.4. The predicted octanol–water partition coefficient (Wildman–Crippen LogP) is 3.11. The minimum absolute atomic E-state index is 0.234. The maximum Gasteiger partial charge on any atom is 0.269 e. The summed E-state index contributed by atoms with van der Waals surface area (Å²) >= 11 is 0. The molecule has 4 aromatic rings. The van der Waals surface area contributed by atoms with Crippen LogP contribution in [0.4, 0.5) is 4.39 Å². The van der Waals surface area contributed by atoms with Crippen molar-refractivity contribution in [2.45, 2.75) is 6.54 Å². The van der Waals surface area contributed by atoms with Crippen LogP contribution < -0.4 is 5.32 Å². The number of carbonyl (C=O) groups excluding carboxylic acids is 1. The Morgan fingerprint density at radius 2 is 2.04 bits per heavy atom. The molecule has 3 aromatic heterocycles. The fourth-order valence-corrected chi connectivity index (χ4v) is 2.87. The third kappa shape index (κ3) is 3.71. The number of aryl methyl sites for hydroxylation is 1. The van der Waals surface area contributed by atoms with E-state index in [4.69, 9.17) is 4.42 Å². The molecule has 0 aliphatic rings. The van der Waals surface area contributed by atoms with Gasteiger partial charge in [0.2, 0.25) is 0 Å². The first-order chi connectivity index (χ1) is 13.6. The summed E-state index contributed by atoms with van der Waals surface area (Å²) < 4.78 is 21.7. The number of nitrogens with one attached hydrogen (secondary N) is 1. The molecule has 1 aromatic carbocycles. The molecule has 142 valence electrons. The zero-order chi connectivity index (χ0) is 19.5. The number of benzene rings is 1. The van der Waals surface area contributed by atoms with Gasteiger partial charge in [-0.15, -0.1) is 0 Å². The van der Waals surface area contributed by atoms with Gasteiger partial charge in [-0.25, -0.2) is 4.39 Å². The molecule has 0 spiro atoms. The molecule has 1 amide bonds. The van der Waals surface area contributed by atoms with E-state index in [2.05, 4.69) is 15.5 Å². The standard InChI is InChI=1S/C20H18FN5O2/c1-25-18(11-17(24-25)14-4-6-16(21)7-5-14)20(27)22-8-9-26-13-15(12-23-26)19-3-2-10-28-19/h2-7,10-13H,8-9H2,1H3,(H,22,27). The summed E-state index contributed by atoms with van der Waals surface area (Å²) in [5.41, 5.74) is 2.67. The lowest BCUT2D eigenvalue weighted by molar-refractivity contribution is 0.0942. The lowest BCUT2D eigenvalue weighted by Gasteiger charge is -2.05. The fraction of sp³-hybridized carbons (Fsp3) is 0.150. The van der Waals surface area contributed by atoms with Crippen molar-refractivity contribution >= 4 is 5.91 Å². The molecular formula is C20H18FN5O2. The molecule has 3 heterocycles. The van der Waals surface area contributed by atoms with Crippen LogP contribution in [0.2, 0.25) is 0 Å². The molecular weight excluding hydrogens is 361 g/mol. The number of furan rings is 1. The van der Waals surface area contributed by atoms with Gasteiger partial charge in [-0.3, -0.25) is 14.2 Å². The molecule has 7 nitrogen and oxygen atoms in total. The van der Waals surface area contributed by atoms with E-state index < -0.39 is 0 Å². The number of hydrogen-bond donors (Lipinski definition) is 1. The summed E-state index contributed by atoms with van der Waals surface area (Å²) in [6.07, 6.45) is 5.19. The van der Waals surface area contributed by atoms with E-state index in [-0.39, 0.29) is 11.7 Å². The predicted molar refractivity (Wildman–Crippen MR) is 101 cm³/mol. The molecule has 0 aliphatic heterocycles. The van der Waals surface area contributed by atoms with Gasteiger partial charge in [0.15, 0.2) is 0 Å². The molecule has 0 unspecified atom stereocenters. The Morgan fingerprint density at radius 1 is 1.21 bits per heavy atom. The number of hydrogen-bond acceptors (Lipinski definition) is 4. The van der Waals surface area contributed by atoms with Gasteiger partial charge in [0.1, 0.15) is 17.3 Å². The SMILES string of the molecule is Cn1nc(-c2ccc(F)cc2)cc1C(=O)NCCn1cc(-c2ccco2)cn1. The van der Waals surface area contributed by atoms with E-state index in [9.17, 15) is 9.18 Å². The molecule has 0 radical (unpaired) electrons. The summed E-state index contributed by atoms with van der Waals surface area (Å²) in [5, 5.41) is 11.5. The van der Waals surface area contributed by atoms with Crippen LogP contribution in [0.3, 0.4) is 0 Å². The molecule has 0 saturated heterocycles. The summed E-state index contributed by atoms with van der Waals surface area (Å²) in [6.45, 7) is 0.935. The molecule has 4 rings (SSSR count). The normalized spacial score (nSPS) is 10.9. The van der Waals surface area contributed by atoms with E-state index in [0.717, 1.165) is 16.9 Å². The van der Waals surface area contributed by atoms with Crippen LogP contribution in [-0.4, -0.2) is 32.0 Å². The molecule has 0 saturated carbocycles. The van der Waals surface area contributed by atoms with Crippen molar-refractivity contribution in [3.8, 4) is 22.6 Å². The molecule has 0 aliphatic carbocycles. The average molecular weight is 379 g/mol. The summed E-state index contributed by atoms with van der Waals surface area (Å²) in [5.74, 6) is 0.201. The first-order valence-electron chi connectivity index (χ1n) is 8.74. The lowest BCUT2D eigenvalue weighted by atomic mass is 10.1. The van der Waals surface area contributed by atoms with Crippen LogP contribution in [0.1, 0.15) is 10.5 Å². The van der Waals surface area contributed by atoms with Crippen molar-refractivity contribution in [3.63, 3.8) is 0 Å². The highest BCUT2D eigenvalue weighted by atomic mass is 19.1. The van der Waals surface area contributed by atoms with Gasteiger partial charge in [0.25, 0.3) is 5.91 Å². The zero-order valence-electron chi connectivity index (χ0n) is 15.2. The van der Waals surface area contributed by atoms with Gasteiger partial charge in [-0.2, -0.15) is 10.2 Å². The highest BCUT2D eigenvalue weighted by Crippen LogP contribution is 2.20. The Labute approximate surface area is 160 Å². The Morgan fingerprint density at radius 3 is 2.79 bits per heavy atom. The molecule has 0 fully saturated rings. The van der Waals surface area contributed by atoms with E-state index >= 15 is 0 Å². The van der Waals surface area contributed by atoms with Crippen LogP contribution in [0.5, 0.6) is 0 Å². The summed E-state index contributed by atoms with van der Waals surface area (Å²) in [4.78, 5) is 12.5. The van der Waals surface area contributed by atoms with Crippen LogP contribution in [0, 0.1) is 5.82 Å². The number of halogens is 1. The van der Waals surface area contributed by atoms with Gasteiger partial charge >= 0.3 is 0 Å². The first-order valence-corrected chi connectivity index (χ1v) is 8.74. The van der Waals surface area contributed by atoms with E-state index in [1.165, 1.54) is 16.8 Å². The summed E-state index contributed by atoms with van der Waals surface area (Å²) in [7, 11) is 1.70. The Kier molecular flexibility index (Phi) is 4.76. The minimum atomic E-state index is -0.313. The van der Waals surface area contributed by atoms with Crippen LogP contribution >= 0.6 is 0 Å². The number of nitrogens with zero attached hydrogens (tertiary/aromatic N) is 4. The molecule has 0 bridgehead atoms. The first kappa shape index (κ1) is 17.7. The Bertz CT molecular complexity index is 1080. The van der Waals surface area contributed by atoms with Crippen LogP contribution in [0.25, 0.3) is 22.6 Å². The third-order valence-corrected chi connectivity index (χ3v) is 4.32. The average Bonchev–Trinajstić information content (AvgIpc) is 3.42. The van der Waals surface area contributed by atoms with Gasteiger partial charge in [-0.05, 0) is 42.5 Å². The second-order valence-corrected chi connectivity index (χ2v) is 6.27. The number of carbonyl (C=O) groups is 1. The van der Waals surface area contributed by atoms with Gasteiger partial charge in [-0.1, -0.05) is 0 Å². The smallest absolute Gasteiger partial charge is 0.269 e. The molecule has 8 heteroatoms. The van der Waals surface area contributed by atoms with Crippen molar-refractivity contribution in [1.29, 1.82) is 0 Å². The highest BCUT2D eigenvalue weighted by molar-refractivity contribution is 5.93. The van der Waals surface area contributed by atoms with Crippen LogP contribution in [-0.2, 0) is 13.6 Å². The van der Waals surface area contributed by atoms with Gasteiger partial charge < -0.3 is 9.73 Å². The Hall–Kier alpha value is -3.68. The topological polar surface area (TPSA) is 77.9 Å². The second kappa shape index (κ2) is 7.51. The molecule has 28 heavy (non-hydrogen) atoms. The van der Waals surface area contributed by atoms with E-state index in [1.54, 1.807) is 42.4 Å². The number of amides is 1. The lowest BCUT2D eigenvalue weighted by Crippen LogP contribution is -2.29. The maximum absolute atomic E-state index is 13.1. The maximum atomic E-state index is 13.1. The zero-order valence-corrected chi connectivity index (χ0v) is 15.2. The number of aromatic nitrogens is 4. The van der Waals surface area contributed by atoms with Crippen molar-refractivity contribution in [3.05, 3.63) is 72.6 Å². The molecule has 1 N–H and O–H groups in total. The van der Waals surface area contributed by atoms with Crippen molar-refractivity contribution in [2.24, 2.45) is 7.05 Å². The van der Waals surface area contributed by atoms with E-state index in [1.807, 2.05) is 18.3 Å².